The fourth-order valence-corrected chi connectivity index (χ4v) is 4.69. The molecule has 30 heavy (non-hydrogen) atoms. The van der Waals surface area contributed by atoms with Gasteiger partial charge < -0.3 is 0 Å². The van der Waals surface area contributed by atoms with Crippen molar-refractivity contribution in [3.8, 4) is 22.5 Å². The van der Waals surface area contributed by atoms with E-state index in [1.165, 1.54) is 86.7 Å². The minimum absolute atomic E-state index is 0.995. The number of aryl methyl sites for hydroxylation is 1. The van der Waals surface area contributed by atoms with E-state index >= 15 is 0 Å². The molecule has 2 aromatic carbocycles. The fourth-order valence-electron chi connectivity index (χ4n) is 4.69. The summed E-state index contributed by atoms with van der Waals surface area (Å²) in [4.78, 5) is 0. The van der Waals surface area contributed by atoms with Gasteiger partial charge in [-0.3, -0.25) is 0 Å². The fraction of sp³-hybridized carbons (Fsp3) is 0.414. The molecule has 0 spiro atoms. The van der Waals surface area contributed by atoms with Gasteiger partial charge >= 0.3 is 11.5 Å². The molecule has 0 unspecified atom stereocenters. The first-order valence-corrected chi connectivity index (χ1v) is 12.0. The lowest BCUT2D eigenvalue weighted by Gasteiger charge is -2.11. The van der Waals surface area contributed by atoms with Crippen LogP contribution >= 0.6 is 0 Å². The second-order valence-electron chi connectivity index (χ2n) is 8.69. The maximum absolute atomic E-state index is 6.61. The predicted octanol–water partition coefficient (Wildman–Crippen LogP) is 8.89. The average molecular weight is 400 g/mol. The van der Waals surface area contributed by atoms with Gasteiger partial charge in [-0.2, -0.15) is 0 Å². The molecule has 0 saturated carbocycles. The topological polar surface area (TPSA) is 11.3 Å². The number of benzene rings is 2. The molecule has 0 radical (unpaired) electrons. The minimum atomic E-state index is 0.995. The van der Waals surface area contributed by atoms with Crippen molar-refractivity contribution in [2.75, 3.05) is 0 Å². The Balaban J connectivity index is 1.74. The molecular formula is C29H35O+. The van der Waals surface area contributed by atoms with Gasteiger partial charge in [0.15, 0.2) is 0 Å². The van der Waals surface area contributed by atoms with E-state index in [-0.39, 0.29) is 0 Å². The zero-order valence-electron chi connectivity index (χ0n) is 18.2. The van der Waals surface area contributed by atoms with E-state index in [1.54, 1.807) is 0 Å². The lowest BCUT2D eigenvalue weighted by molar-refractivity contribution is 0.472. The Morgan fingerprint density at radius 2 is 1.00 bits per heavy atom. The highest BCUT2D eigenvalue weighted by Gasteiger charge is 2.25. The van der Waals surface area contributed by atoms with Gasteiger partial charge in [-0.1, -0.05) is 99.9 Å². The maximum atomic E-state index is 6.61. The van der Waals surface area contributed by atoms with E-state index in [2.05, 4.69) is 66.7 Å². The summed E-state index contributed by atoms with van der Waals surface area (Å²) in [5.41, 5.74) is 5.28. The SMILES string of the molecule is c1ccc(-c2cc(-c3ccccc3)c3c([o+]2)CCCCCCCCCCCC3)cc1. The Labute approximate surface area is 182 Å². The van der Waals surface area contributed by atoms with Crippen LogP contribution in [0.15, 0.2) is 71.1 Å². The molecule has 0 amide bonds. The van der Waals surface area contributed by atoms with Crippen molar-refractivity contribution >= 4 is 0 Å². The van der Waals surface area contributed by atoms with Gasteiger partial charge in [0.05, 0.1) is 23.6 Å². The van der Waals surface area contributed by atoms with E-state index in [0.29, 0.717) is 0 Å². The van der Waals surface area contributed by atoms with Gasteiger partial charge in [0.25, 0.3) is 0 Å². The molecule has 1 nitrogen and oxygen atoms in total. The molecule has 1 aromatic heterocycles. The highest BCUT2D eigenvalue weighted by molar-refractivity contribution is 5.73. The molecule has 0 bridgehead atoms. The third-order valence-corrected chi connectivity index (χ3v) is 6.39. The zero-order valence-corrected chi connectivity index (χ0v) is 18.2. The van der Waals surface area contributed by atoms with E-state index < -0.39 is 0 Å². The summed E-state index contributed by atoms with van der Waals surface area (Å²) in [5, 5.41) is 0. The van der Waals surface area contributed by atoms with Crippen molar-refractivity contribution in [2.45, 2.75) is 77.0 Å². The Morgan fingerprint density at radius 1 is 0.500 bits per heavy atom. The van der Waals surface area contributed by atoms with Gasteiger partial charge in [0.1, 0.15) is 0 Å². The molecule has 1 heterocycles. The second kappa shape index (κ2) is 11.1. The Bertz CT molecular complexity index is 898. The Morgan fingerprint density at radius 3 is 1.60 bits per heavy atom. The first-order valence-electron chi connectivity index (χ1n) is 12.0. The summed E-state index contributed by atoms with van der Waals surface area (Å²) < 4.78 is 6.61. The quantitative estimate of drug-likeness (QED) is 0.391. The Hall–Kier alpha value is -2.41. The van der Waals surface area contributed by atoms with Gasteiger partial charge in [0, 0.05) is 5.56 Å². The molecule has 0 atom stereocenters. The van der Waals surface area contributed by atoms with Crippen LogP contribution in [0.2, 0.25) is 0 Å². The number of hydrogen-bond acceptors (Lipinski definition) is 0. The molecule has 0 N–H and O–H groups in total. The molecule has 0 fully saturated rings. The summed E-state index contributed by atoms with van der Waals surface area (Å²) in [6.45, 7) is 0. The zero-order chi connectivity index (χ0) is 20.4. The van der Waals surface area contributed by atoms with Crippen molar-refractivity contribution < 1.29 is 4.42 Å². The van der Waals surface area contributed by atoms with E-state index in [4.69, 9.17) is 4.42 Å². The summed E-state index contributed by atoms with van der Waals surface area (Å²) in [6.07, 6.45) is 15.6. The summed E-state index contributed by atoms with van der Waals surface area (Å²) in [7, 11) is 0. The molecule has 1 aliphatic carbocycles. The summed E-state index contributed by atoms with van der Waals surface area (Å²) in [6, 6.07) is 23.8. The third kappa shape index (κ3) is 5.59. The first kappa shape index (κ1) is 20.8. The third-order valence-electron chi connectivity index (χ3n) is 6.39. The molecule has 3 aromatic rings. The molecule has 1 heteroatoms. The Kier molecular flexibility index (Phi) is 7.72. The maximum Gasteiger partial charge on any atom is 0.360 e. The van der Waals surface area contributed by atoms with Crippen LogP contribution in [0.25, 0.3) is 22.5 Å². The number of fused-ring (bicyclic) bond motifs is 1. The normalized spacial score (nSPS) is 16.4. The molecule has 4 rings (SSSR count). The number of rotatable bonds is 2. The van der Waals surface area contributed by atoms with Crippen molar-refractivity contribution in [1.82, 2.24) is 0 Å². The van der Waals surface area contributed by atoms with Crippen LogP contribution in [-0.4, -0.2) is 0 Å². The van der Waals surface area contributed by atoms with Crippen LogP contribution in [0.3, 0.4) is 0 Å². The molecule has 1 aliphatic rings. The van der Waals surface area contributed by atoms with Crippen LogP contribution in [0, 0.1) is 0 Å². The van der Waals surface area contributed by atoms with Crippen molar-refractivity contribution in [3.63, 3.8) is 0 Å². The second-order valence-corrected chi connectivity index (χ2v) is 8.69. The average Bonchev–Trinajstić information content (AvgIpc) is 2.81. The van der Waals surface area contributed by atoms with Gasteiger partial charge in [-0.05, 0) is 37.0 Å². The van der Waals surface area contributed by atoms with Crippen LogP contribution < -0.4 is 0 Å². The first-order chi connectivity index (χ1) is 14.9. The molecule has 0 aliphatic heterocycles. The smallest absolute Gasteiger partial charge is 0.212 e. The highest BCUT2D eigenvalue weighted by atomic mass is 16.3. The van der Waals surface area contributed by atoms with E-state index in [0.717, 1.165) is 24.2 Å². The highest BCUT2D eigenvalue weighted by Crippen LogP contribution is 2.34. The van der Waals surface area contributed by atoms with Crippen LogP contribution in [0.4, 0.5) is 0 Å². The summed E-state index contributed by atoms with van der Waals surface area (Å²) >= 11 is 0. The standard InChI is InChI=1S/C29H35O/c1-2-4-6-8-16-22-28-26(21-15-7-5-3-1)27(24-17-11-9-12-18-24)23-29(30-28)25-19-13-10-14-20-25/h9-14,17-20,23H,1-8,15-16,21-22H2/q+1. The van der Waals surface area contributed by atoms with Crippen LogP contribution in [0.5, 0.6) is 0 Å². The molecule has 0 saturated heterocycles. The van der Waals surface area contributed by atoms with Gasteiger partial charge in [-0.25, -0.2) is 4.42 Å². The molecule has 156 valence electrons. The largest absolute Gasteiger partial charge is 0.360 e. The van der Waals surface area contributed by atoms with Crippen molar-refractivity contribution in [3.05, 3.63) is 78.1 Å². The minimum Gasteiger partial charge on any atom is -0.212 e. The number of hydrogen-bond donors (Lipinski definition) is 0. The van der Waals surface area contributed by atoms with Crippen molar-refractivity contribution in [2.24, 2.45) is 0 Å². The van der Waals surface area contributed by atoms with E-state index in [9.17, 15) is 0 Å². The lowest BCUT2D eigenvalue weighted by atomic mass is 9.92. The van der Waals surface area contributed by atoms with Crippen molar-refractivity contribution in [1.29, 1.82) is 0 Å². The van der Waals surface area contributed by atoms with Crippen LogP contribution in [-0.2, 0) is 12.8 Å². The predicted molar refractivity (Wildman–Crippen MR) is 128 cm³/mol. The van der Waals surface area contributed by atoms with Gasteiger partial charge in [0.2, 0.25) is 0 Å². The molecular weight excluding hydrogens is 364 g/mol. The van der Waals surface area contributed by atoms with Crippen LogP contribution in [0.1, 0.15) is 75.5 Å². The van der Waals surface area contributed by atoms with Gasteiger partial charge in [-0.15, -0.1) is 0 Å². The summed E-state index contributed by atoms with van der Waals surface area (Å²) in [5.74, 6) is 2.21. The van der Waals surface area contributed by atoms with E-state index in [1.807, 2.05) is 0 Å². The lowest BCUT2D eigenvalue weighted by Crippen LogP contribution is -2.01. The monoisotopic (exact) mass is 399 g/mol.